The third kappa shape index (κ3) is 4.15. The summed E-state index contributed by atoms with van der Waals surface area (Å²) in [6, 6.07) is 11.7. The minimum absolute atomic E-state index is 0.278. The first-order valence-corrected chi connectivity index (χ1v) is 8.10. The van der Waals surface area contributed by atoms with Gasteiger partial charge in [-0.2, -0.15) is 0 Å². The zero-order valence-corrected chi connectivity index (χ0v) is 14.5. The zero-order chi connectivity index (χ0) is 17.1. The minimum Gasteiger partial charge on any atom is -0.439 e. The summed E-state index contributed by atoms with van der Waals surface area (Å²) in [5.41, 5.74) is 1.85. The largest absolute Gasteiger partial charge is 0.439 e. The van der Waals surface area contributed by atoms with Gasteiger partial charge < -0.3 is 4.42 Å². The molecule has 0 saturated heterocycles. The number of nitrogens with zero attached hydrogens (tertiary/aromatic N) is 2. The number of hydrogen-bond donors (Lipinski definition) is 0. The van der Waals surface area contributed by atoms with Crippen LogP contribution >= 0.6 is 23.2 Å². The van der Waals surface area contributed by atoms with E-state index >= 15 is 0 Å². The van der Waals surface area contributed by atoms with Gasteiger partial charge in [0.15, 0.2) is 5.76 Å². The highest BCUT2D eigenvalue weighted by Gasteiger charge is 2.10. The quantitative estimate of drug-likeness (QED) is 0.605. The van der Waals surface area contributed by atoms with E-state index in [1.54, 1.807) is 24.4 Å². The van der Waals surface area contributed by atoms with E-state index < -0.39 is 0 Å². The maximum atomic E-state index is 13.0. The fraction of sp³-hybridized carbons (Fsp3) is 0.167. The Kier molecular flexibility index (Phi) is 5.19. The fourth-order valence-electron chi connectivity index (χ4n) is 2.37. The van der Waals surface area contributed by atoms with E-state index in [1.165, 1.54) is 12.1 Å². The van der Waals surface area contributed by atoms with E-state index in [9.17, 15) is 4.39 Å². The first-order valence-electron chi connectivity index (χ1n) is 7.34. The summed E-state index contributed by atoms with van der Waals surface area (Å²) in [7, 11) is 1.96. The molecule has 1 heterocycles. The van der Waals surface area contributed by atoms with E-state index in [2.05, 4.69) is 9.88 Å². The van der Waals surface area contributed by atoms with Gasteiger partial charge in [0, 0.05) is 12.1 Å². The molecule has 24 heavy (non-hydrogen) atoms. The van der Waals surface area contributed by atoms with Crippen molar-refractivity contribution < 1.29 is 8.81 Å². The molecule has 0 atom stereocenters. The van der Waals surface area contributed by atoms with Gasteiger partial charge in [0.1, 0.15) is 5.82 Å². The second-order valence-electron chi connectivity index (χ2n) is 5.55. The number of benzene rings is 2. The van der Waals surface area contributed by atoms with Crippen molar-refractivity contribution in [3.8, 4) is 11.3 Å². The summed E-state index contributed by atoms with van der Waals surface area (Å²) >= 11 is 12.0. The van der Waals surface area contributed by atoms with Crippen LogP contribution in [-0.2, 0) is 13.1 Å². The molecule has 0 N–H and O–H groups in total. The van der Waals surface area contributed by atoms with E-state index in [4.69, 9.17) is 27.6 Å². The van der Waals surface area contributed by atoms with Crippen LogP contribution in [0.3, 0.4) is 0 Å². The van der Waals surface area contributed by atoms with Crippen molar-refractivity contribution in [2.75, 3.05) is 7.05 Å². The van der Waals surface area contributed by atoms with Gasteiger partial charge >= 0.3 is 0 Å². The standard InChI is InChI=1S/C18H15Cl2FN2O/c1-23(10-12-2-7-15(19)16(20)8-12)11-18-22-9-17(24-18)13-3-5-14(21)6-4-13/h2-9H,10-11H2,1H3. The lowest BCUT2D eigenvalue weighted by atomic mass is 10.2. The molecular formula is C18H15Cl2FN2O. The van der Waals surface area contributed by atoms with E-state index in [1.807, 2.05) is 19.2 Å². The highest BCUT2D eigenvalue weighted by atomic mass is 35.5. The molecule has 0 amide bonds. The summed E-state index contributed by atoms with van der Waals surface area (Å²) in [6.45, 7) is 1.23. The second-order valence-corrected chi connectivity index (χ2v) is 6.36. The summed E-state index contributed by atoms with van der Waals surface area (Å²) in [5.74, 6) is 0.935. The van der Waals surface area contributed by atoms with Gasteiger partial charge in [0.2, 0.25) is 5.89 Å². The number of hydrogen-bond acceptors (Lipinski definition) is 3. The predicted molar refractivity (Wildman–Crippen MR) is 93.5 cm³/mol. The van der Waals surface area contributed by atoms with Gasteiger partial charge in [0.05, 0.1) is 22.8 Å². The van der Waals surface area contributed by atoms with Gasteiger partial charge in [-0.25, -0.2) is 9.37 Å². The lowest BCUT2D eigenvalue weighted by molar-refractivity contribution is 0.283. The molecule has 2 aromatic carbocycles. The Morgan fingerprint density at radius 3 is 2.50 bits per heavy atom. The van der Waals surface area contributed by atoms with Crippen LogP contribution in [0.15, 0.2) is 53.1 Å². The van der Waals surface area contributed by atoms with Crippen molar-refractivity contribution in [3.63, 3.8) is 0 Å². The Morgan fingerprint density at radius 2 is 1.79 bits per heavy atom. The molecule has 0 saturated carbocycles. The molecule has 3 aromatic rings. The highest BCUT2D eigenvalue weighted by Crippen LogP contribution is 2.24. The Balaban J connectivity index is 1.65. The first-order chi connectivity index (χ1) is 11.5. The number of rotatable bonds is 5. The molecule has 0 fully saturated rings. The third-order valence-corrected chi connectivity index (χ3v) is 4.26. The monoisotopic (exact) mass is 364 g/mol. The molecule has 0 spiro atoms. The Morgan fingerprint density at radius 1 is 1.04 bits per heavy atom. The second kappa shape index (κ2) is 7.34. The molecule has 0 aliphatic carbocycles. The van der Waals surface area contributed by atoms with Crippen LogP contribution in [0.25, 0.3) is 11.3 Å². The van der Waals surface area contributed by atoms with Crippen molar-refractivity contribution in [2.24, 2.45) is 0 Å². The number of halogens is 3. The van der Waals surface area contributed by atoms with Gasteiger partial charge in [-0.3, -0.25) is 4.90 Å². The summed E-state index contributed by atoms with van der Waals surface area (Å²) < 4.78 is 18.7. The molecule has 124 valence electrons. The minimum atomic E-state index is -0.278. The SMILES string of the molecule is CN(Cc1ccc(Cl)c(Cl)c1)Cc1ncc(-c2ccc(F)cc2)o1. The summed E-state index contributed by atoms with van der Waals surface area (Å²) in [5, 5.41) is 1.08. The van der Waals surface area contributed by atoms with Crippen LogP contribution in [0.4, 0.5) is 4.39 Å². The number of oxazole rings is 1. The Bertz CT molecular complexity index is 833. The highest BCUT2D eigenvalue weighted by molar-refractivity contribution is 6.42. The lowest BCUT2D eigenvalue weighted by Crippen LogP contribution is -2.17. The van der Waals surface area contributed by atoms with Crippen LogP contribution in [0.1, 0.15) is 11.5 Å². The van der Waals surface area contributed by atoms with Crippen LogP contribution in [0, 0.1) is 5.82 Å². The van der Waals surface area contributed by atoms with Gasteiger partial charge in [-0.1, -0.05) is 29.3 Å². The van der Waals surface area contributed by atoms with Crippen molar-refractivity contribution in [2.45, 2.75) is 13.1 Å². The van der Waals surface area contributed by atoms with Crippen LogP contribution < -0.4 is 0 Å². The summed E-state index contributed by atoms with van der Waals surface area (Å²) in [4.78, 5) is 6.33. The van der Waals surface area contributed by atoms with E-state index in [-0.39, 0.29) is 5.82 Å². The number of aromatic nitrogens is 1. The maximum Gasteiger partial charge on any atom is 0.209 e. The van der Waals surface area contributed by atoms with E-state index in [0.29, 0.717) is 34.8 Å². The topological polar surface area (TPSA) is 29.3 Å². The van der Waals surface area contributed by atoms with Crippen LogP contribution in [0.2, 0.25) is 10.0 Å². The third-order valence-electron chi connectivity index (χ3n) is 3.52. The smallest absolute Gasteiger partial charge is 0.209 e. The molecule has 0 bridgehead atoms. The molecule has 0 unspecified atom stereocenters. The van der Waals surface area contributed by atoms with Crippen molar-refractivity contribution in [1.29, 1.82) is 0 Å². The van der Waals surface area contributed by atoms with Crippen molar-refractivity contribution in [1.82, 2.24) is 9.88 Å². The summed E-state index contributed by atoms with van der Waals surface area (Å²) in [6.07, 6.45) is 1.65. The van der Waals surface area contributed by atoms with Gasteiger partial charge in [-0.15, -0.1) is 0 Å². The van der Waals surface area contributed by atoms with Crippen molar-refractivity contribution >= 4 is 23.2 Å². The molecule has 1 aromatic heterocycles. The molecular weight excluding hydrogens is 350 g/mol. The molecule has 0 aliphatic heterocycles. The van der Waals surface area contributed by atoms with Gasteiger partial charge in [0.25, 0.3) is 0 Å². The maximum absolute atomic E-state index is 13.0. The molecule has 0 aliphatic rings. The van der Waals surface area contributed by atoms with Crippen LogP contribution in [0.5, 0.6) is 0 Å². The first kappa shape index (κ1) is 17.0. The molecule has 3 nitrogen and oxygen atoms in total. The fourth-order valence-corrected chi connectivity index (χ4v) is 2.69. The normalized spacial score (nSPS) is 11.2. The van der Waals surface area contributed by atoms with Gasteiger partial charge in [-0.05, 0) is 49.0 Å². The average Bonchev–Trinajstić information content (AvgIpc) is 3.00. The van der Waals surface area contributed by atoms with Crippen LogP contribution in [-0.4, -0.2) is 16.9 Å². The Labute approximate surface area is 149 Å². The Hall–Kier alpha value is -1.88. The molecule has 0 radical (unpaired) electrons. The van der Waals surface area contributed by atoms with Crippen molar-refractivity contribution in [3.05, 3.63) is 76.0 Å². The predicted octanol–water partition coefficient (Wildman–Crippen LogP) is 5.42. The molecule has 6 heteroatoms. The van der Waals surface area contributed by atoms with E-state index in [0.717, 1.165) is 11.1 Å². The molecule has 3 rings (SSSR count). The zero-order valence-electron chi connectivity index (χ0n) is 13.0. The average molecular weight is 365 g/mol. The lowest BCUT2D eigenvalue weighted by Gasteiger charge is -2.15.